The van der Waals surface area contributed by atoms with Gasteiger partial charge in [0, 0.05) is 36.6 Å². The van der Waals surface area contributed by atoms with Gasteiger partial charge in [-0.25, -0.2) is 4.98 Å². The van der Waals surface area contributed by atoms with Gasteiger partial charge in [0.1, 0.15) is 0 Å². The van der Waals surface area contributed by atoms with Crippen molar-refractivity contribution >= 4 is 22.1 Å². The summed E-state index contributed by atoms with van der Waals surface area (Å²) >= 11 is 1.67. The van der Waals surface area contributed by atoms with Crippen molar-refractivity contribution in [2.75, 3.05) is 11.9 Å². The van der Waals surface area contributed by atoms with Gasteiger partial charge in [0.05, 0.1) is 5.69 Å². The molecule has 0 bridgehead atoms. The van der Waals surface area contributed by atoms with Crippen molar-refractivity contribution in [2.45, 2.75) is 52.1 Å². The first kappa shape index (κ1) is 14.3. The van der Waals surface area contributed by atoms with Gasteiger partial charge < -0.3 is 10.6 Å². The highest BCUT2D eigenvalue weighted by atomic mass is 32.1. The fraction of sp³-hybridized carbons (Fsp3) is 0.643. The third-order valence-electron chi connectivity index (χ3n) is 3.95. The van der Waals surface area contributed by atoms with Crippen molar-refractivity contribution in [1.29, 1.82) is 0 Å². The van der Waals surface area contributed by atoms with Crippen LogP contribution in [0, 0.1) is 0 Å². The molecule has 1 atom stereocenters. The molecule has 0 radical (unpaired) electrons. The molecule has 2 N–H and O–H groups in total. The minimum absolute atomic E-state index is 0.0939. The lowest BCUT2D eigenvalue weighted by molar-refractivity contribution is 0.466. The molecule has 1 unspecified atom stereocenters. The lowest BCUT2D eigenvalue weighted by atomic mass is 9.99. The molecule has 4 nitrogen and oxygen atoms in total. The minimum atomic E-state index is 0.0939. The van der Waals surface area contributed by atoms with Crippen molar-refractivity contribution in [1.82, 2.24) is 9.38 Å². The van der Waals surface area contributed by atoms with Gasteiger partial charge >= 0.3 is 0 Å². The Morgan fingerprint density at radius 3 is 2.79 bits per heavy atom. The molecule has 2 aromatic rings. The summed E-state index contributed by atoms with van der Waals surface area (Å²) in [6, 6.07) is 0.136. The molecule has 0 aliphatic rings. The van der Waals surface area contributed by atoms with Crippen LogP contribution in [-0.2, 0) is 6.42 Å². The summed E-state index contributed by atoms with van der Waals surface area (Å²) in [5.41, 5.74) is 7.31. The Labute approximate surface area is 119 Å². The SMILES string of the molecule is CCC(C)(C)N(C)c1nc2sccn2c1CC(C)N. The summed E-state index contributed by atoms with van der Waals surface area (Å²) < 4.78 is 2.17. The fourth-order valence-corrected chi connectivity index (χ4v) is 2.84. The Morgan fingerprint density at radius 2 is 2.21 bits per heavy atom. The lowest BCUT2D eigenvalue weighted by Gasteiger charge is -2.36. The van der Waals surface area contributed by atoms with Crippen LogP contribution in [0.1, 0.15) is 39.8 Å². The van der Waals surface area contributed by atoms with Crippen LogP contribution in [0.4, 0.5) is 5.82 Å². The monoisotopic (exact) mass is 280 g/mol. The molecule has 0 spiro atoms. The van der Waals surface area contributed by atoms with Gasteiger partial charge in [0.15, 0.2) is 10.8 Å². The Balaban J connectivity index is 2.49. The molecule has 19 heavy (non-hydrogen) atoms. The average molecular weight is 280 g/mol. The molecule has 0 aliphatic heterocycles. The van der Waals surface area contributed by atoms with Crippen LogP contribution >= 0.6 is 11.3 Å². The minimum Gasteiger partial charge on any atom is -0.353 e. The van der Waals surface area contributed by atoms with E-state index in [4.69, 9.17) is 10.7 Å². The number of imidazole rings is 1. The topological polar surface area (TPSA) is 46.6 Å². The summed E-state index contributed by atoms with van der Waals surface area (Å²) in [6.45, 7) is 8.74. The summed E-state index contributed by atoms with van der Waals surface area (Å²) in [6.07, 6.45) is 4.00. The van der Waals surface area contributed by atoms with Crippen LogP contribution in [0.25, 0.3) is 4.96 Å². The Hall–Kier alpha value is -1.07. The van der Waals surface area contributed by atoms with E-state index in [1.165, 1.54) is 5.69 Å². The molecular weight excluding hydrogens is 256 g/mol. The molecule has 0 saturated carbocycles. The van der Waals surface area contributed by atoms with Crippen LogP contribution in [0.3, 0.4) is 0 Å². The molecule has 0 aliphatic carbocycles. The zero-order valence-electron chi connectivity index (χ0n) is 12.5. The van der Waals surface area contributed by atoms with Crippen LogP contribution in [0.15, 0.2) is 11.6 Å². The van der Waals surface area contributed by atoms with Crippen molar-refractivity contribution < 1.29 is 0 Å². The summed E-state index contributed by atoms with van der Waals surface area (Å²) in [7, 11) is 2.13. The zero-order chi connectivity index (χ0) is 14.2. The maximum absolute atomic E-state index is 6.00. The second-order valence-corrected chi connectivity index (χ2v) is 6.72. The Bertz CT molecular complexity index is 553. The molecular formula is C14H24N4S. The van der Waals surface area contributed by atoms with E-state index in [0.717, 1.165) is 23.6 Å². The highest BCUT2D eigenvalue weighted by molar-refractivity contribution is 7.15. The number of rotatable bonds is 5. The van der Waals surface area contributed by atoms with Crippen LogP contribution in [-0.4, -0.2) is 28.0 Å². The third kappa shape index (κ3) is 2.62. The van der Waals surface area contributed by atoms with E-state index in [1.54, 1.807) is 11.3 Å². The van der Waals surface area contributed by atoms with Gasteiger partial charge in [-0.2, -0.15) is 0 Å². The Kier molecular flexibility index (Phi) is 3.87. The number of aromatic nitrogens is 2. The quantitative estimate of drug-likeness (QED) is 0.916. The number of hydrogen-bond donors (Lipinski definition) is 1. The molecule has 0 saturated heterocycles. The van der Waals surface area contributed by atoms with Gasteiger partial charge in [0.25, 0.3) is 0 Å². The number of fused-ring (bicyclic) bond motifs is 1. The van der Waals surface area contributed by atoms with E-state index in [-0.39, 0.29) is 11.6 Å². The maximum atomic E-state index is 6.00. The molecule has 106 valence electrons. The van der Waals surface area contributed by atoms with Gasteiger partial charge in [-0.1, -0.05) is 6.92 Å². The van der Waals surface area contributed by atoms with Crippen molar-refractivity contribution in [3.63, 3.8) is 0 Å². The zero-order valence-corrected chi connectivity index (χ0v) is 13.3. The number of hydrogen-bond acceptors (Lipinski definition) is 4. The molecule has 0 amide bonds. The molecule has 2 rings (SSSR count). The fourth-order valence-electron chi connectivity index (χ4n) is 2.11. The smallest absolute Gasteiger partial charge is 0.195 e. The predicted molar refractivity (Wildman–Crippen MR) is 83.2 cm³/mol. The van der Waals surface area contributed by atoms with Crippen LogP contribution in [0.2, 0.25) is 0 Å². The number of thiazole rings is 1. The summed E-state index contributed by atoms with van der Waals surface area (Å²) in [4.78, 5) is 8.12. The predicted octanol–water partition coefficient (Wildman–Crippen LogP) is 2.91. The maximum Gasteiger partial charge on any atom is 0.195 e. The molecule has 2 aromatic heterocycles. The summed E-state index contributed by atoms with van der Waals surface area (Å²) in [5, 5.41) is 2.07. The molecule has 5 heteroatoms. The van der Waals surface area contributed by atoms with Crippen LogP contribution in [0.5, 0.6) is 0 Å². The van der Waals surface area contributed by atoms with Gasteiger partial charge in [0.2, 0.25) is 0 Å². The number of nitrogens with two attached hydrogens (primary N) is 1. The van der Waals surface area contributed by atoms with E-state index in [0.29, 0.717) is 0 Å². The van der Waals surface area contributed by atoms with E-state index in [9.17, 15) is 0 Å². The average Bonchev–Trinajstić information content (AvgIpc) is 2.90. The van der Waals surface area contributed by atoms with Crippen molar-refractivity contribution in [3.8, 4) is 0 Å². The largest absolute Gasteiger partial charge is 0.353 e. The van der Waals surface area contributed by atoms with Crippen molar-refractivity contribution in [2.24, 2.45) is 5.73 Å². The molecule has 0 aromatic carbocycles. The highest BCUT2D eigenvalue weighted by Crippen LogP contribution is 2.30. The number of nitrogens with zero attached hydrogens (tertiary/aromatic N) is 3. The van der Waals surface area contributed by atoms with Crippen LogP contribution < -0.4 is 10.6 Å². The molecule has 2 heterocycles. The third-order valence-corrected chi connectivity index (χ3v) is 4.70. The van der Waals surface area contributed by atoms with E-state index in [2.05, 4.69) is 48.7 Å². The molecule has 0 fully saturated rings. The van der Waals surface area contributed by atoms with Crippen molar-refractivity contribution in [3.05, 3.63) is 17.3 Å². The first-order valence-corrected chi connectivity index (χ1v) is 7.68. The standard InChI is InChI=1S/C14H24N4S/c1-6-14(3,4)17(5)12-11(9-10(2)15)18-7-8-19-13(18)16-12/h7-8,10H,6,9,15H2,1-5H3. The van der Waals surface area contributed by atoms with E-state index >= 15 is 0 Å². The number of anilines is 1. The van der Waals surface area contributed by atoms with E-state index < -0.39 is 0 Å². The lowest BCUT2D eigenvalue weighted by Crippen LogP contribution is -2.41. The van der Waals surface area contributed by atoms with Gasteiger partial charge in [-0.3, -0.25) is 4.40 Å². The summed E-state index contributed by atoms with van der Waals surface area (Å²) in [5.74, 6) is 1.07. The van der Waals surface area contributed by atoms with Gasteiger partial charge in [-0.05, 0) is 27.2 Å². The second kappa shape index (κ2) is 5.13. The first-order valence-electron chi connectivity index (χ1n) is 6.80. The normalized spacial score (nSPS) is 14.0. The Morgan fingerprint density at radius 1 is 1.53 bits per heavy atom. The first-order chi connectivity index (χ1) is 8.86. The van der Waals surface area contributed by atoms with Gasteiger partial charge in [-0.15, -0.1) is 11.3 Å². The highest BCUT2D eigenvalue weighted by Gasteiger charge is 2.27. The van der Waals surface area contributed by atoms with E-state index in [1.807, 2.05) is 6.92 Å². The second-order valence-electron chi connectivity index (χ2n) is 5.84.